The van der Waals surface area contributed by atoms with Crippen LogP contribution < -0.4 is 0 Å². The Balaban J connectivity index is 1.75. The van der Waals surface area contributed by atoms with Crippen molar-refractivity contribution in [1.29, 1.82) is 0 Å². The van der Waals surface area contributed by atoms with Gasteiger partial charge in [0, 0.05) is 22.0 Å². The van der Waals surface area contributed by atoms with Crippen LogP contribution in [0.4, 0.5) is 0 Å². The van der Waals surface area contributed by atoms with Gasteiger partial charge in [-0.2, -0.15) is 0 Å². The molecule has 27 heavy (non-hydrogen) atoms. The number of benzene rings is 3. The van der Waals surface area contributed by atoms with E-state index in [-0.39, 0.29) is 6.10 Å². The summed E-state index contributed by atoms with van der Waals surface area (Å²) in [6.45, 7) is 2.11. The van der Waals surface area contributed by atoms with Gasteiger partial charge >= 0.3 is 0 Å². The number of ether oxygens (including phenoxy) is 2. The van der Waals surface area contributed by atoms with Crippen LogP contribution in [-0.4, -0.2) is 0 Å². The Hall–Kier alpha value is -1.84. The molecule has 4 heteroatoms. The van der Waals surface area contributed by atoms with Gasteiger partial charge in [-0.1, -0.05) is 77.8 Å². The number of hydrogen-bond acceptors (Lipinski definition) is 2. The fourth-order valence-electron chi connectivity index (χ4n) is 3.54. The monoisotopic (exact) mass is 398 g/mol. The molecular formula is C23H20Cl2O2. The van der Waals surface area contributed by atoms with E-state index in [1.54, 1.807) is 0 Å². The average molecular weight is 399 g/mol. The second-order valence-electron chi connectivity index (χ2n) is 6.99. The smallest absolute Gasteiger partial charge is 0.185 e. The van der Waals surface area contributed by atoms with Crippen LogP contribution >= 0.6 is 23.2 Å². The van der Waals surface area contributed by atoms with Gasteiger partial charge in [0.1, 0.15) is 0 Å². The van der Waals surface area contributed by atoms with Crippen LogP contribution in [0.25, 0.3) is 0 Å². The van der Waals surface area contributed by atoms with Crippen LogP contribution in [0.5, 0.6) is 0 Å². The van der Waals surface area contributed by atoms with Crippen LogP contribution in [-0.2, 0) is 15.1 Å². The molecule has 0 spiro atoms. The van der Waals surface area contributed by atoms with Crippen LogP contribution in [0, 0.1) is 0 Å². The molecule has 0 aliphatic carbocycles. The summed E-state index contributed by atoms with van der Waals surface area (Å²) in [5, 5.41) is 1.36. The van der Waals surface area contributed by atoms with Gasteiger partial charge in [-0.05, 0) is 42.3 Å². The number of rotatable bonds is 3. The van der Waals surface area contributed by atoms with E-state index >= 15 is 0 Å². The highest BCUT2D eigenvalue weighted by Gasteiger charge is 2.41. The van der Waals surface area contributed by atoms with E-state index in [1.807, 2.05) is 66.7 Å². The average Bonchev–Trinajstić information content (AvgIpc) is 2.68. The molecule has 0 saturated carbocycles. The number of halogens is 2. The van der Waals surface area contributed by atoms with Gasteiger partial charge in [0.2, 0.25) is 0 Å². The molecule has 0 amide bonds. The molecule has 0 N–H and O–H groups in total. The molecule has 1 aliphatic heterocycles. The minimum Gasteiger partial charge on any atom is -0.340 e. The predicted molar refractivity (Wildman–Crippen MR) is 109 cm³/mol. The predicted octanol–water partition coefficient (Wildman–Crippen LogP) is 7.09. The van der Waals surface area contributed by atoms with E-state index in [9.17, 15) is 0 Å². The van der Waals surface area contributed by atoms with Crippen molar-refractivity contribution in [2.24, 2.45) is 0 Å². The maximum Gasteiger partial charge on any atom is 0.185 e. The van der Waals surface area contributed by atoms with Crippen molar-refractivity contribution < 1.29 is 9.47 Å². The number of hydrogen-bond donors (Lipinski definition) is 0. The Bertz CT molecular complexity index is 873. The summed E-state index contributed by atoms with van der Waals surface area (Å²) in [7, 11) is 0. The molecule has 0 aromatic heterocycles. The highest BCUT2D eigenvalue weighted by molar-refractivity contribution is 6.30. The van der Waals surface area contributed by atoms with Crippen molar-refractivity contribution in [3.05, 3.63) is 106 Å². The zero-order valence-electron chi connectivity index (χ0n) is 14.9. The fraction of sp³-hybridized carbons (Fsp3) is 0.217. The van der Waals surface area contributed by atoms with Crippen molar-refractivity contribution in [3.8, 4) is 0 Å². The van der Waals surface area contributed by atoms with Crippen LogP contribution in [0.3, 0.4) is 0 Å². The zero-order chi connectivity index (χ0) is 18.9. The van der Waals surface area contributed by atoms with Gasteiger partial charge < -0.3 is 9.47 Å². The van der Waals surface area contributed by atoms with Crippen molar-refractivity contribution >= 4 is 23.2 Å². The molecule has 1 heterocycles. The molecule has 1 aliphatic rings. The Morgan fingerprint density at radius 1 is 0.815 bits per heavy atom. The summed E-state index contributed by atoms with van der Waals surface area (Å²) in [6.07, 6.45) is 0.0206. The third-order valence-electron chi connectivity index (χ3n) is 4.96. The second kappa shape index (κ2) is 7.65. The van der Waals surface area contributed by atoms with Gasteiger partial charge in [-0.3, -0.25) is 0 Å². The maximum atomic E-state index is 6.47. The normalized spacial score (nSPS) is 25.3. The molecule has 0 unspecified atom stereocenters. The van der Waals surface area contributed by atoms with Gasteiger partial charge in [-0.15, -0.1) is 0 Å². The lowest BCUT2D eigenvalue weighted by atomic mass is 9.86. The van der Waals surface area contributed by atoms with Gasteiger partial charge in [-0.25, -0.2) is 0 Å². The molecule has 138 valence electrons. The summed E-state index contributed by atoms with van der Waals surface area (Å²) in [5.41, 5.74) is 2.56. The SMILES string of the molecule is C[C@]1(c2ccccc2)C[C@@H](c2cccc(Cl)c2)O[C@@H](c2cccc(Cl)c2)O1. The van der Waals surface area contributed by atoms with Crippen molar-refractivity contribution in [3.63, 3.8) is 0 Å². The molecule has 2 nitrogen and oxygen atoms in total. The Kier molecular flexibility index (Phi) is 5.25. The third kappa shape index (κ3) is 4.04. The zero-order valence-corrected chi connectivity index (χ0v) is 16.5. The Morgan fingerprint density at radius 3 is 2.11 bits per heavy atom. The van der Waals surface area contributed by atoms with Gasteiger partial charge in [0.05, 0.1) is 11.7 Å². The molecule has 1 saturated heterocycles. The Morgan fingerprint density at radius 2 is 1.44 bits per heavy atom. The minimum atomic E-state index is -0.522. The van der Waals surface area contributed by atoms with Crippen molar-refractivity contribution in [1.82, 2.24) is 0 Å². The van der Waals surface area contributed by atoms with Crippen LogP contribution in [0.2, 0.25) is 10.0 Å². The second-order valence-corrected chi connectivity index (χ2v) is 7.86. The van der Waals surface area contributed by atoms with E-state index in [2.05, 4.69) is 19.1 Å². The highest BCUT2D eigenvalue weighted by Crippen LogP contribution is 2.47. The third-order valence-corrected chi connectivity index (χ3v) is 5.43. The minimum absolute atomic E-state index is 0.147. The first-order valence-electron chi connectivity index (χ1n) is 8.93. The molecule has 3 atom stereocenters. The lowest BCUT2D eigenvalue weighted by Gasteiger charge is -2.43. The van der Waals surface area contributed by atoms with Gasteiger partial charge in [0.25, 0.3) is 0 Å². The topological polar surface area (TPSA) is 18.5 Å². The molecule has 3 aromatic carbocycles. The quantitative estimate of drug-likeness (QED) is 0.468. The largest absolute Gasteiger partial charge is 0.340 e. The first kappa shape index (κ1) is 18.5. The first-order chi connectivity index (χ1) is 13.0. The maximum absolute atomic E-state index is 6.47. The van der Waals surface area contributed by atoms with E-state index in [0.29, 0.717) is 16.5 Å². The highest BCUT2D eigenvalue weighted by atomic mass is 35.5. The summed E-state index contributed by atoms with van der Waals surface area (Å²) < 4.78 is 12.8. The van der Waals surface area contributed by atoms with E-state index in [4.69, 9.17) is 32.7 Å². The van der Waals surface area contributed by atoms with E-state index < -0.39 is 11.9 Å². The van der Waals surface area contributed by atoms with Crippen molar-refractivity contribution in [2.45, 2.75) is 31.3 Å². The summed E-state index contributed by atoms with van der Waals surface area (Å²) in [5.74, 6) is 0. The summed E-state index contributed by atoms with van der Waals surface area (Å²) in [6, 6.07) is 25.7. The fourth-order valence-corrected chi connectivity index (χ4v) is 3.94. The molecule has 4 rings (SSSR count). The summed E-state index contributed by atoms with van der Waals surface area (Å²) >= 11 is 12.4. The molecule has 0 bridgehead atoms. The van der Waals surface area contributed by atoms with Crippen molar-refractivity contribution in [2.75, 3.05) is 0 Å². The summed E-state index contributed by atoms with van der Waals surface area (Å²) in [4.78, 5) is 0. The standard InChI is InChI=1S/C23H20Cl2O2/c1-23(18-9-3-2-4-10-18)15-21(16-7-5-11-19(24)13-16)26-22(27-23)17-8-6-12-20(25)14-17/h2-14,21-22H,15H2,1H3/t21-,22+,23+/m0/s1. The molecule has 0 radical (unpaired) electrons. The lowest BCUT2D eigenvalue weighted by molar-refractivity contribution is -0.290. The molecular weight excluding hydrogens is 379 g/mol. The van der Waals surface area contributed by atoms with Crippen LogP contribution in [0.15, 0.2) is 78.9 Å². The van der Waals surface area contributed by atoms with Gasteiger partial charge in [0.15, 0.2) is 6.29 Å². The first-order valence-corrected chi connectivity index (χ1v) is 9.69. The molecule has 1 fully saturated rings. The van der Waals surface area contributed by atoms with Crippen LogP contribution in [0.1, 0.15) is 42.4 Å². The van der Waals surface area contributed by atoms with E-state index in [0.717, 1.165) is 16.7 Å². The lowest BCUT2D eigenvalue weighted by Crippen LogP contribution is -2.37. The Labute approximate surface area is 169 Å². The molecule has 3 aromatic rings. The van der Waals surface area contributed by atoms with E-state index in [1.165, 1.54) is 0 Å².